The number of para-hydroxylation sites is 1. The monoisotopic (exact) mass is 546 g/mol. The molecule has 0 aromatic heterocycles. The number of anilines is 2. The van der Waals surface area contributed by atoms with Crippen LogP contribution in [-0.4, -0.2) is 14.3 Å². The van der Waals surface area contributed by atoms with Gasteiger partial charge in [-0.15, -0.1) is 0 Å². The number of nitrogens with zero attached hydrogens (tertiary/aromatic N) is 1. The van der Waals surface area contributed by atoms with Crippen molar-refractivity contribution in [2.24, 2.45) is 0 Å². The van der Waals surface area contributed by atoms with Crippen molar-refractivity contribution in [3.63, 3.8) is 0 Å². The highest BCUT2D eigenvalue weighted by Gasteiger charge is 2.28. The molecule has 196 valence electrons. The molecule has 0 saturated heterocycles. The van der Waals surface area contributed by atoms with Crippen LogP contribution in [0.3, 0.4) is 0 Å². The summed E-state index contributed by atoms with van der Waals surface area (Å²) in [6, 6.07) is 28.2. The third kappa shape index (κ3) is 6.63. The molecule has 0 aliphatic carbocycles. The van der Waals surface area contributed by atoms with E-state index in [1.807, 2.05) is 31.2 Å². The van der Waals surface area contributed by atoms with Gasteiger partial charge < -0.3 is 5.32 Å². The minimum Gasteiger partial charge on any atom is -0.322 e. The highest BCUT2D eigenvalue weighted by atomic mass is 35.5. The zero-order valence-corrected chi connectivity index (χ0v) is 23.1. The Bertz CT molecular complexity index is 1480. The topological polar surface area (TPSA) is 66.5 Å². The van der Waals surface area contributed by atoms with E-state index < -0.39 is 10.0 Å². The number of nitrogens with one attached hydrogen (secondary N) is 1. The summed E-state index contributed by atoms with van der Waals surface area (Å²) in [7, 11) is -4.00. The van der Waals surface area contributed by atoms with Gasteiger partial charge in [0.25, 0.3) is 15.9 Å². The van der Waals surface area contributed by atoms with Gasteiger partial charge in [0.2, 0.25) is 0 Å². The predicted octanol–water partition coefficient (Wildman–Crippen LogP) is 7.64. The van der Waals surface area contributed by atoms with Crippen molar-refractivity contribution in [2.45, 2.75) is 44.6 Å². The van der Waals surface area contributed by atoms with Crippen LogP contribution in [0.5, 0.6) is 0 Å². The second-order valence-electron chi connectivity index (χ2n) is 9.22. The van der Waals surface area contributed by atoms with Gasteiger partial charge in [-0.2, -0.15) is 0 Å². The van der Waals surface area contributed by atoms with E-state index >= 15 is 0 Å². The van der Waals surface area contributed by atoms with Crippen molar-refractivity contribution in [1.29, 1.82) is 0 Å². The van der Waals surface area contributed by atoms with Crippen LogP contribution in [0.4, 0.5) is 11.4 Å². The predicted molar refractivity (Wildman–Crippen MR) is 155 cm³/mol. The first-order chi connectivity index (χ1) is 18.3. The number of rotatable bonds is 10. The molecule has 0 saturated carbocycles. The molecule has 4 aromatic rings. The molecule has 7 heteroatoms. The van der Waals surface area contributed by atoms with Crippen LogP contribution in [0.25, 0.3) is 0 Å². The highest BCUT2D eigenvalue weighted by Crippen LogP contribution is 2.30. The first-order valence-electron chi connectivity index (χ1n) is 12.6. The molecule has 4 aromatic carbocycles. The van der Waals surface area contributed by atoms with Crippen molar-refractivity contribution in [2.75, 3.05) is 9.62 Å². The minimum absolute atomic E-state index is 0.0315. The first-order valence-corrected chi connectivity index (χ1v) is 14.4. The van der Waals surface area contributed by atoms with Crippen LogP contribution >= 0.6 is 11.6 Å². The molecular weight excluding hydrogens is 516 g/mol. The van der Waals surface area contributed by atoms with Gasteiger partial charge in [-0.25, -0.2) is 8.42 Å². The lowest BCUT2D eigenvalue weighted by molar-refractivity contribution is 0.102. The molecular formula is C31H31ClN2O3S. The van der Waals surface area contributed by atoms with Crippen LogP contribution in [0.15, 0.2) is 102 Å². The molecule has 0 aliphatic rings. The standard InChI is InChI=1S/C31H31ClN2O3S/c1-3-4-7-24-14-18-27(19-15-24)33-31(35)29-8-5-6-9-30(29)34(22-25-12-16-26(32)17-13-25)38(36,37)28-20-10-23(2)11-21-28/h5-6,8-21H,3-4,7,22H2,1-2H3,(H,33,35). The van der Waals surface area contributed by atoms with E-state index in [0.29, 0.717) is 16.4 Å². The van der Waals surface area contributed by atoms with Gasteiger partial charge >= 0.3 is 0 Å². The lowest BCUT2D eigenvalue weighted by Crippen LogP contribution is -2.32. The van der Waals surface area contributed by atoms with Crippen LogP contribution in [0.2, 0.25) is 5.02 Å². The number of halogens is 1. The summed E-state index contributed by atoms with van der Waals surface area (Å²) in [6.07, 6.45) is 3.22. The lowest BCUT2D eigenvalue weighted by atomic mass is 10.1. The maximum absolute atomic E-state index is 13.9. The molecule has 0 aliphatic heterocycles. The molecule has 0 bridgehead atoms. The maximum Gasteiger partial charge on any atom is 0.264 e. The normalized spacial score (nSPS) is 11.2. The molecule has 0 radical (unpaired) electrons. The third-order valence-corrected chi connectivity index (χ3v) is 8.32. The number of hydrogen-bond donors (Lipinski definition) is 1. The fourth-order valence-corrected chi connectivity index (χ4v) is 5.71. The zero-order chi connectivity index (χ0) is 27.1. The Labute approximate surface area is 230 Å². The van der Waals surface area contributed by atoms with E-state index in [2.05, 4.69) is 12.2 Å². The summed E-state index contributed by atoms with van der Waals surface area (Å²) in [4.78, 5) is 13.6. The number of sulfonamides is 1. The SMILES string of the molecule is CCCCc1ccc(NC(=O)c2ccccc2N(Cc2ccc(Cl)cc2)S(=O)(=O)c2ccc(C)cc2)cc1. The Morgan fingerprint density at radius 2 is 1.47 bits per heavy atom. The Morgan fingerprint density at radius 1 is 0.842 bits per heavy atom. The molecule has 5 nitrogen and oxygen atoms in total. The van der Waals surface area contributed by atoms with Crippen LogP contribution in [-0.2, 0) is 23.0 Å². The second-order valence-corrected chi connectivity index (χ2v) is 11.5. The Morgan fingerprint density at radius 3 is 2.13 bits per heavy atom. The lowest BCUT2D eigenvalue weighted by Gasteiger charge is -2.27. The number of aryl methyl sites for hydroxylation is 2. The van der Waals surface area contributed by atoms with E-state index in [1.54, 1.807) is 72.8 Å². The van der Waals surface area contributed by atoms with Crippen LogP contribution in [0.1, 0.15) is 46.8 Å². The average molecular weight is 547 g/mol. The number of hydrogen-bond acceptors (Lipinski definition) is 3. The quantitative estimate of drug-likeness (QED) is 0.222. The Kier molecular flexibility index (Phi) is 8.87. The van der Waals surface area contributed by atoms with Gasteiger partial charge in [0.15, 0.2) is 0 Å². The van der Waals surface area contributed by atoms with Gasteiger partial charge in [-0.05, 0) is 79.4 Å². The molecule has 38 heavy (non-hydrogen) atoms. The maximum atomic E-state index is 13.9. The molecule has 0 unspecified atom stereocenters. The Hall–Kier alpha value is -3.61. The van der Waals surface area contributed by atoms with E-state index in [0.717, 1.165) is 30.4 Å². The van der Waals surface area contributed by atoms with Crippen molar-refractivity contribution in [3.8, 4) is 0 Å². The second kappa shape index (κ2) is 12.3. The van der Waals surface area contributed by atoms with E-state index in [-0.39, 0.29) is 22.9 Å². The number of benzene rings is 4. The smallest absolute Gasteiger partial charge is 0.264 e. The highest BCUT2D eigenvalue weighted by molar-refractivity contribution is 7.92. The van der Waals surface area contributed by atoms with Gasteiger partial charge in [0.1, 0.15) is 0 Å². The van der Waals surface area contributed by atoms with E-state index in [9.17, 15) is 13.2 Å². The van der Waals surface area contributed by atoms with Gasteiger partial charge in [0, 0.05) is 10.7 Å². The zero-order valence-electron chi connectivity index (χ0n) is 21.5. The summed E-state index contributed by atoms with van der Waals surface area (Å²) >= 11 is 6.06. The van der Waals surface area contributed by atoms with Crippen LogP contribution in [0, 0.1) is 6.92 Å². The largest absolute Gasteiger partial charge is 0.322 e. The van der Waals surface area contributed by atoms with Gasteiger partial charge in [-0.1, -0.05) is 79.0 Å². The number of carbonyl (C=O) groups is 1. The molecule has 0 fully saturated rings. The van der Waals surface area contributed by atoms with Crippen molar-refractivity contribution < 1.29 is 13.2 Å². The molecule has 1 N–H and O–H groups in total. The number of carbonyl (C=O) groups excluding carboxylic acids is 1. The van der Waals surface area contributed by atoms with Gasteiger partial charge in [0.05, 0.1) is 22.7 Å². The average Bonchev–Trinajstić information content (AvgIpc) is 2.92. The van der Waals surface area contributed by atoms with Crippen LogP contribution < -0.4 is 9.62 Å². The van der Waals surface area contributed by atoms with Crippen molar-refractivity contribution >= 4 is 38.9 Å². The molecule has 0 heterocycles. The Balaban J connectivity index is 1.70. The summed E-state index contributed by atoms with van der Waals surface area (Å²) < 4.78 is 29.2. The molecule has 1 amide bonds. The fraction of sp³-hybridized carbons (Fsp3) is 0.194. The molecule has 0 spiro atoms. The fourth-order valence-electron chi connectivity index (χ4n) is 4.11. The van der Waals surface area contributed by atoms with Crippen molar-refractivity contribution in [3.05, 3.63) is 124 Å². The minimum atomic E-state index is -4.00. The third-order valence-electron chi connectivity index (χ3n) is 6.30. The van der Waals surface area contributed by atoms with Crippen molar-refractivity contribution in [1.82, 2.24) is 0 Å². The molecule has 0 atom stereocenters. The van der Waals surface area contributed by atoms with E-state index in [1.165, 1.54) is 9.87 Å². The summed E-state index contributed by atoms with van der Waals surface area (Å²) in [5.74, 6) is -0.387. The summed E-state index contributed by atoms with van der Waals surface area (Å²) in [5, 5.41) is 3.49. The summed E-state index contributed by atoms with van der Waals surface area (Å²) in [5.41, 5.74) is 4.10. The summed E-state index contributed by atoms with van der Waals surface area (Å²) in [6.45, 7) is 4.09. The number of unbranched alkanes of at least 4 members (excludes halogenated alkanes) is 1. The first kappa shape index (κ1) is 27.4. The van der Waals surface area contributed by atoms with Gasteiger partial charge in [-0.3, -0.25) is 9.10 Å². The molecule has 4 rings (SSSR count). The number of amides is 1. The van der Waals surface area contributed by atoms with E-state index in [4.69, 9.17) is 11.6 Å².